The van der Waals surface area contributed by atoms with Crippen LogP contribution in [0.3, 0.4) is 0 Å². The molecule has 5 heteroatoms. The van der Waals surface area contributed by atoms with E-state index in [1.54, 1.807) is 7.11 Å². The summed E-state index contributed by atoms with van der Waals surface area (Å²) in [5.74, 6) is 0.875. The van der Waals surface area contributed by atoms with Crippen LogP contribution in [-0.4, -0.2) is 37.7 Å². The summed E-state index contributed by atoms with van der Waals surface area (Å²) < 4.78 is 5.57. The second-order valence-corrected chi connectivity index (χ2v) is 6.90. The Kier molecular flexibility index (Phi) is 7.11. The number of para-hydroxylation sites is 1. The van der Waals surface area contributed by atoms with Gasteiger partial charge in [0.05, 0.1) is 13.2 Å². The highest BCUT2D eigenvalue weighted by atomic mass is 16.5. The molecule has 0 aliphatic carbocycles. The van der Waals surface area contributed by atoms with Crippen molar-refractivity contribution in [3.05, 3.63) is 65.7 Å². The van der Waals surface area contributed by atoms with Crippen molar-refractivity contribution in [2.24, 2.45) is 0 Å². The maximum atomic E-state index is 12.3. The number of rotatable bonds is 7. The zero-order chi connectivity index (χ0) is 18.9. The Morgan fingerprint density at radius 1 is 1.00 bits per heavy atom. The largest absolute Gasteiger partial charge is 0.496 e. The van der Waals surface area contributed by atoms with Gasteiger partial charge in [-0.2, -0.15) is 0 Å². The third-order valence-electron chi connectivity index (χ3n) is 5.08. The van der Waals surface area contributed by atoms with Gasteiger partial charge in [-0.3, -0.25) is 4.90 Å². The molecular weight excluding hydrogens is 338 g/mol. The minimum Gasteiger partial charge on any atom is -0.496 e. The second-order valence-electron chi connectivity index (χ2n) is 6.90. The van der Waals surface area contributed by atoms with Crippen molar-refractivity contribution in [2.45, 2.75) is 31.8 Å². The zero-order valence-corrected chi connectivity index (χ0v) is 16.0. The summed E-state index contributed by atoms with van der Waals surface area (Å²) in [6, 6.07) is 18.0. The van der Waals surface area contributed by atoms with Crippen molar-refractivity contribution in [2.75, 3.05) is 26.7 Å². The molecule has 2 aromatic carbocycles. The fraction of sp³-hybridized carbons (Fsp3) is 0.409. The number of urea groups is 1. The number of nitrogens with one attached hydrogen (secondary N) is 2. The van der Waals surface area contributed by atoms with E-state index in [0.717, 1.165) is 30.0 Å². The number of hydrogen-bond acceptors (Lipinski definition) is 3. The Balaban J connectivity index is 1.63. The van der Waals surface area contributed by atoms with Gasteiger partial charge < -0.3 is 15.4 Å². The molecule has 1 fully saturated rings. The van der Waals surface area contributed by atoms with Crippen molar-refractivity contribution < 1.29 is 9.53 Å². The Bertz CT molecular complexity index is 715. The van der Waals surface area contributed by atoms with E-state index in [2.05, 4.69) is 21.6 Å². The molecule has 0 spiro atoms. The van der Waals surface area contributed by atoms with Crippen LogP contribution < -0.4 is 15.4 Å². The summed E-state index contributed by atoms with van der Waals surface area (Å²) in [7, 11) is 1.70. The molecular formula is C22H29N3O2. The minimum atomic E-state index is -0.143. The lowest BCUT2D eigenvalue weighted by molar-refractivity contribution is 0.157. The normalized spacial score (nSPS) is 15.7. The summed E-state index contributed by atoms with van der Waals surface area (Å²) in [6.07, 6.45) is 3.68. The van der Waals surface area contributed by atoms with Crippen LogP contribution in [0.25, 0.3) is 0 Å². The quantitative estimate of drug-likeness (QED) is 0.784. The lowest BCUT2D eigenvalue weighted by Crippen LogP contribution is -2.43. The van der Waals surface area contributed by atoms with E-state index < -0.39 is 0 Å². The van der Waals surface area contributed by atoms with Gasteiger partial charge in [-0.15, -0.1) is 0 Å². The molecule has 1 unspecified atom stereocenters. The highest BCUT2D eigenvalue weighted by Gasteiger charge is 2.25. The van der Waals surface area contributed by atoms with Crippen molar-refractivity contribution in [3.8, 4) is 5.75 Å². The lowest BCUT2D eigenvalue weighted by atomic mass is 10.0. The molecule has 3 rings (SSSR count). The molecule has 1 saturated heterocycles. The molecule has 144 valence electrons. The molecule has 1 aliphatic rings. The van der Waals surface area contributed by atoms with E-state index >= 15 is 0 Å². The summed E-state index contributed by atoms with van der Waals surface area (Å²) >= 11 is 0. The average Bonchev–Trinajstić information content (AvgIpc) is 2.74. The SMILES string of the molecule is COc1ccccc1C(CNC(=O)NCc1ccccc1)N1CCCCC1. The first kappa shape index (κ1) is 19.2. The van der Waals surface area contributed by atoms with Crippen LogP contribution in [0, 0.1) is 0 Å². The zero-order valence-electron chi connectivity index (χ0n) is 16.0. The monoisotopic (exact) mass is 367 g/mol. The number of piperidine rings is 1. The van der Waals surface area contributed by atoms with Crippen molar-refractivity contribution in [1.82, 2.24) is 15.5 Å². The van der Waals surface area contributed by atoms with Crippen LogP contribution >= 0.6 is 0 Å². The van der Waals surface area contributed by atoms with E-state index in [1.165, 1.54) is 19.3 Å². The summed E-state index contributed by atoms with van der Waals surface area (Å²) in [4.78, 5) is 14.8. The Morgan fingerprint density at radius 3 is 2.44 bits per heavy atom. The van der Waals surface area contributed by atoms with Gasteiger partial charge in [-0.25, -0.2) is 4.79 Å². The molecule has 2 N–H and O–H groups in total. The summed E-state index contributed by atoms with van der Waals surface area (Å²) in [5, 5.41) is 5.99. The van der Waals surface area contributed by atoms with Crippen molar-refractivity contribution in [3.63, 3.8) is 0 Å². The molecule has 0 bridgehead atoms. The third-order valence-corrected chi connectivity index (χ3v) is 5.08. The fourth-order valence-corrected chi connectivity index (χ4v) is 3.64. The number of carbonyl (C=O) groups excluding carboxylic acids is 1. The average molecular weight is 367 g/mol. The summed E-state index contributed by atoms with van der Waals surface area (Å²) in [5.41, 5.74) is 2.22. The van der Waals surface area contributed by atoms with Crippen molar-refractivity contribution >= 4 is 6.03 Å². The van der Waals surface area contributed by atoms with E-state index in [0.29, 0.717) is 13.1 Å². The lowest BCUT2D eigenvalue weighted by Gasteiger charge is -2.35. The van der Waals surface area contributed by atoms with Gasteiger partial charge in [0.15, 0.2) is 0 Å². The highest BCUT2D eigenvalue weighted by molar-refractivity contribution is 5.73. The van der Waals surface area contributed by atoms with Crippen LogP contribution in [0.2, 0.25) is 0 Å². The Morgan fingerprint density at radius 2 is 1.70 bits per heavy atom. The molecule has 5 nitrogen and oxygen atoms in total. The minimum absolute atomic E-state index is 0.115. The van der Waals surface area contributed by atoms with Crippen molar-refractivity contribution in [1.29, 1.82) is 0 Å². The molecule has 1 atom stereocenters. The number of methoxy groups -OCH3 is 1. The van der Waals surface area contributed by atoms with Crippen LogP contribution in [0.15, 0.2) is 54.6 Å². The van der Waals surface area contributed by atoms with Gasteiger partial charge >= 0.3 is 6.03 Å². The molecule has 27 heavy (non-hydrogen) atoms. The first-order valence-corrected chi connectivity index (χ1v) is 9.70. The number of benzene rings is 2. The number of nitrogens with zero attached hydrogens (tertiary/aromatic N) is 1. The van der Waals surface area contributed by atoms with Crippen LogP contribution in [-0.2, 0) is 6.54 Å². The fourth-order valence-electron chi connectivity index (χ4n) is 3.64. The van der Waals surface area contributed by atoms with E-state index in [1.807, 2.05) is 48.5 Å². The molecule has 1 heterocycles. The number of likely N-dealkylation sites (tertiary alicyclic amines) is 1. The van der Waals surface area contributed by atoms with E-state index in [-0.39, 0.29) is 12.1 Å². The second kappa shape index (κ2) is 9.97. The smallest absolute Gasteiger partial charge is 0.315 e. The molecule has 0 aromatic heterocycles. The van der Waals surface area contributed by atoms with E-state index in [4.69, 9.17) is 4.74 Å². The topological polar surface area (TPSA) is 53.6 Å². The van der Waals surface area contributed by atoms with Crippen LogP contribution in [0.4, 0.5) is 4.79 Å². The predicted octanol–water partition coefficient (Wildman–Crippen LogP) is 3.72. The molecule has 0 saturated carbocycles. The maximum absolute atomic E-state index is 12.3. The Labute approximate surface area is 161 Å². The molecule has 2 amide bonds. The molecule has 2 aromatic rings. The van der Waals surface area contributed by atoms with Gasteiger partial charge in [-0.1, -0.05) is 55.0 Å². The van der Waals surface area contributed by atoms with Gasteiger partial charge in [0.2, 0.25) is 0 Å². The third kappa shape index (κ3) is 5.47. The summed E-state index contributed by atoms with van der Waals surface area (Å²) in [6.45, 7) is 3.18. The number of carbonyl (C=O) groups is 1. The predicted molar refractivity (Wildman–Crippen MR) is 108 cm³/mol. The highest BCUT2D eigenvalue weighted by Crippen LogP contribution is 2.30. The number of amides is 2. The maximum Gasteiger partial charge on any atom is 0.315 e. The first-order valence-electron chi connectivity index (χ1n) is 9.70. The van der Waals surface area contributed by atoms with Crippen LogP contribution in [0.1, 0.15) is 36.4 Å². The first-order chi connectivity index (χ1) is 13.3. The standard InChI is InChI=1S/C22H29N3O2/c1-27-21-13-7-6-12-19(21)20(25-14-8-3-9-15-25)17-24-22(26)23-16-18-10-4-2-5-11-18/h2,4-7,10-13,20H,3,8-9,14-17H2,1H3,(H2,23,24,26). The number of hydrogen-bond donors (Lipinski definition) is 2. The van der Waals surface area contributed by atoms with Gasteiger partial charge in [0.1, 0.15) is 5.75 Å². The van der Waals surface area contributed by atoms with E-state index in [9.17, 15) is 4.79 Å². The molecule has 0 radical (unpaired) electrons. The Hall–Kier alpha value is -2.53. The van der Waals surface area contributed by atoms with Crippen LogP contribution in [0.5, 0.6) is 5.75 Å². The number of ether oxygens (including phenoxy) is 1. The molecule has 1 aliphatic heterocycles. The van der Waals surface area contributed by atoms with Gasteiger partial charge in [-0.05, 0) is 37.6 Å². The van der Waals surface area contributed by atoms with Gasteiger partial charge in [0.25, 0.3) is 0 Å². The van der Waals surface area contributed by atoms with Gasteiger partial charge in [0, 0.05) is 18.7 Å².